The normalized spacial score (nSPS) is 12.1. The molecule has 5 nitrogen and oxygen atoms in total. The zero-order valence-electron chi connectivity index (χ0n) is 10.2. The van der Waals surface area contributed by atoms with Gasteiger partial charge in [0.15, 0.2) is 0 Å². The molecule has 1 heterocycles. The van der Waals surface area contributed by atoms with E-state index in [9.17, 15) is 9.59 Å². The van der Waals surface area contributed by atoms with E-state index >= 15 is 0 Å². The highest BCUT2D eigenvalue weighted by molar-refractivity contribution is 7.98. The highest BCUT2D eigenvalue weighted by atomic mass is 32.2. The van der Waals surface area contributed by atoms with Crippen molar-refractivity contribution in [1.82, 2.24) is 5.32 Å². The lowest BCUT2D eigenvalue weighted by molar-refractivity contribution is -0.141. The van der Waals surface area contributed by atoms with Crippen LogP contribution in [0.2, 0.25) is 0 Å². The highest BCUT2D eigenvalue weighted by Crippen LogP contribution is 2.05. The second-order valence-corrected chi connectivity index (χ2v) is 4.80. The van der Waals surface area contributed by atoms with Gasteiger partial charge in [-0.3, -0.25) is 4.79 Å². The minimum Gasteiger partial charge on any atom is -0.480 e. The van der Waals surface area contributed by atoms with E-state index in [2.05, 4.69) is 5.32 Å². The first kappa shape index (κ1) is 14.6. The van der Waals surface area contributed by atoms with E-state index in [0.717, 1.165) is 5.76 Å². The van der Waals surface area contributed by atoms with Gasteiger partial charge in [0.2, 0.25) is 5.91 Å². The van der Waals surface area contributed by atoms with E-state index in [1.165, 1.54) is 0 Å². The van der Waals surface area contributed by atoms with Crippen LogP contribution in [0, 0.1) is 0 Å². The van der Waals surface area contributed by atoms with Crippen molar-refractivity contribution in [2.45, 2.75) is 25.3 Å². The molecule has 1 rings (SSSR count). The maximum Gasteiger partial charge on any atom is 0.326 e. The maximum atomic E-state index is 11.6. The molecule has 0 radical (unpaired) electrons. The van der Waals surface area contributed by atoms with Crippen molar-refractivity contribution in [3.63, 3.8) is 0 Å². The number of furan rings is 1. The number of nitrogens with one attached hydrogen (secondary N) is 1. The van der Waals surface area contributed by atoms with E-state index in [1.807, 2.05) is 6.26 Å². The Bertz CT molecular complexity index is 377. The first-order valence-electron chi connectivity index (χ1n) is 5.67. The summed E-state index contributed by atoms with van der Waals surface area (Å²) in [4.78, 5) is 22.5. The summed E-state index contributed by atoms with van der Waals surface area (Å²) in [6, 6.07) is 2.74. The number of aryl methyl sites for hydroxylation is 1. The Morgan fingerprint density at radius 2 is 2.33 bits per heavy atom. The Morgan fingerprint density at radius 3 is 2.89 bits per heavy atom. The van der Waals surface area contributed by atoms with Gasteiger partial charge in [0.1, 0.15) is 11.8 Å². The number of aliphatic carboxylic acids is 1. The Hall–Kier alpha value is -1.43. The fourth-order valence-corrected chi connectivity index (χ4v) is 1.92. The molecule has 0 spiro atoms. The lowest BCUT2D eigenvalue weighted by atomic mass is 10.2. The van der Waals surface area contributed by atoms with Crippen molar-refractivity contribution >= 4 is 23.6 Å². The molecule has 0 aliphatic rings. The number of carbonyl (C=O) groups excluding carboxylic acids is 1. The molecular weight excluding hydrogens is 254 g/mol. The predicted octanol–water partition coefficient (Wildman–Crippen LogP) is 1.53. The zero-order valence-corrected chi connectivity index (χ0v) is 11.0. The van der Waals surface area contributed by atoms with Crippen molar-refractivity contribution < 1.29 is 19.1 Å². The molecule has 0 aromatic carbocycles. The summed E-state index contributed by atoms with van der Waals surface area (Å²) >= 11 is 1.56. The molecule has 0 aliphatic heterocycles. The molecule has 0 aliphatic carbocycles. The van der Waals surface area contributed by atoms with Crippen LogP contribution in [0.25, 0.3) is 0 Å². The van der Waals surface area contributed by atoms with Gasteiger partial charge in [0, 0.05) is 12.8 Å². The van der Waals surface area contributed by atoms with Gasteiger partial charge >= 0.3 is 5.97 Å². The van der Waals surface area contributed by atoms with E-state index in [0.29, 0.717) is 18.6 Å². The molecule has 0 fully saturated rings. The van der Waals surface area contributed by atoms with Crippen molar-refractivity contribution in [2.24, 2.45) is 0 Å². The van der Waals surface area contributed by atoms with Crippen LogP contribution in [0.3, 0.4) is 0 Å². The number of carbonyl (C=O) groups is 2. The van der Waals surface area contributed by atoms with Crippen LogP contribution < -0.4 is 5.32 Å². The highest BCUT2D eigenvalue weighted by Gasteiger charge is 2.19. The van der Waals surface area contributed by atoms with Crippen molar-refractivity contribution in [1.29, 1.82) is 0 Å². The first-order chi connectivity index (χ1) is 8.63. The lowest BCUT2D eigenvalue weighted by Gasteiger charge is -2.13. The van der Waals surface area contributed by atoms with E-state index in [1.54, 1.807) is 30.2 Å². The molecular formula is C12H17NO4S. The van der Waals surface area contributed by atoms with Gasteiger partial charge in [0.25, 0.3) is 0 Å². The van der Waals surface area contributed by atoms with Gasteiger partial charge in [-0.05, 0) is 30.6 Å². The zero-order chi connectivity index (χ0) is 13.4. The summed E-state index contributed by atoms with van der Waals surface area (Å²) in [6.07, 6.45) is 4.59. The predicted molar refractivity (Wildman–Crippen MR) is 69.6 cm³/mol. The van der Waals surface area contributed by atoms with E-state index in [4.69, 9.17) is 9.52 Å². The lowest BCUT2D eigenvalue weighted by Crippen LogP contribution is -2.41. The van der Waals surface area contributed by atoms with Crippen LogP contribution in [-0.2, 0) is 16.0 Å². The Kier molecular flexibility index (Phi) is 6.35. The third kappa shape index (κ3) is 5.27. The van der Waals surface area contributed by atoms with Gasteiger partial charge in [-0.25, -0.2) is 4.79 Å². The third-order valence-corrected chi connectivity index (χ3v) is 3.07. The van der Waals surface area contributed by atoms with Crippen molar-refractivity contribution in [3.8, 4) is 0 Å². The molecule has 1 aromatic heterocycles. The minimum absolute atomic E-state index is 0.233. The van der Waals surface area contributed by atoms with Gasteiger partial charge in [-0.15, -0.1) is 0 Å². The number of amides is 1. The van der Waals surface area contributed by atoms with Gasteiger partial charge in [0.05, 0.1) is 6.26 Å². The molecule has 18 heavy (non-hydrogen) atoms. The van der Waals surface area contributed by atoms with Crippen LogP contribution in [-0.4, -0.2) is 35.0 Å². The third-order valence-electron chi connectivity index (χ3n) is 2.42. The fraction of sp³-hybridized carbons (Fsp3) is 0.500. The Balaban J connectivity index is 2.34. The SMILES string of the molecule is CSCCC(NC(=O)CCc1ccco1)C(=O)O. The number of hydrogen-bond acceptors (Lipinski definition) is 4. The van der Waals surface area contributed by atoms with Crippen molar-refractivity contribution in [2.75, 3.05) is 12.0 Å². The van der Waals surface area contributed by atoms with Crippen molar-refractivity contribution in [3.05, 3.63) is 24.2 Å². The summed E-state index contributed by atoms with van der Waals surface area (Å²) in [5, 5.41) is 11.5. The summed E-state index contributed by atoms with van der Waals surface area (Å²) < 4.78 is 5.10. The summed E-state index contributed by atoms with van der Waals surface area (Å²) in [5.74, 6) is 0.173. The second-order valence-electron chi connectivity index (χ2n) is 3.82. The number of rotatable bonds is 8. The maximum absolute atomic E-state index is 11.6. The molecule has 100 valence electrons. The van der Waals surface area contributed by atoms with Crippen LogP contribution in [0.15, 0.2) is 22.8 Å². The number of carboxylic acids is 1. The average molecular weight is 271 g/mol. The number of hydrogen-bond donors (Lipinski definition) is 2. The van der Waals surface area contributed by atoms with E-state index in [-0.39, 0.29) is 12.3 Å². The number of carboxylic acid groups (broad SMARTS) is 1. The Morgan fingerprint density at radius 1 is 1.56 bits per heavy atom. The molecule has 2 N–H and O–H groups in total. The van der Waals surface area contributed by atoms with Crippen LogP contribution >= 0.6 is 11.8 Å². The summed E-state index contributed by atoms with van der Waals surface area (Å²) in [5.41, 5.74) is 0. The minimum atomic E-state index is -0.990. The molecule has 1 unspecified atom stereocenters. The largest absolute Gasteiger partial charge is 0.480 e. The molecule has 0 saturated heterocycles. The molecule has 1 amide bonds. The molecule has 0 bridgehead atoms. The topological polar surface area (TPSA) is 79.5 Å². The first-order valence-corrected chi connectivity index (χ1v) is 7.06. The molecule has 1 aromatic rings. The van der Waals surface area contributed by atoms with Gasteiger partial charge in [-0.1, -0.05) is 0 Å². The molecule has 1 atom stereocenters. The number of thioether (sulfide) groups is 1. The summed E-state index contributed by atoms with van der Waals surface area (Å²) in [6.45, 7) is 0. The van der Waals surface area contributed by atoms with Gasteiger partial charge < -0.3 is 14.8 Å². The quantitative estimate of drug-likeness (QED) is 0.749. The summed E-state index contributed by atoms with van der Waals surface area (Å²) in [7, 11) is 0. The monoisotopic (exact) mass is 271 g/mol. The second kappa shape index (κ2) is 7.81. The standard InChI is InChI=1S/C12H17NO4S/c1-18-8-6-10(12(15)16)13-11(14)5-4-9-3-2-7-17-9/h2-3,7,10H,4-6,8H2,1H3,(H,13,14)(H,15,16). The van der Waals surface area contributed by atoms with Crippen LogP contribution in [0.1, 0.15) is 18.6 Å². The molecule has 0 saturated carbocycles. The molecule has 6 heteroatoms. The van der Waals surface area contributed by atoms with E-state index < -0.39 is 12.0 Å². The fourth-order valence-electron chi connectivity index (χ4n) is 1.45. The van der Waals surface area contributed by atoms with Gasteiger partial charge in [-0.2, -0.15) is 11.8 Å². The Labute approximate surface area is 110 Å². The van der Waals surface area contributed by atoms with Crippen LogP contribution in [0.5, 0.6) is 0 Å². The average Bonchev–Trinajstić information content (AvgIpc) is 2.84. The van der Waals surface area contributed by atoms with Crippen LogP contribution in [0.4, 0.5) is 0 Å². The smallest absolute Gasteiger partial charge is 0.326 e.